The van der Waals surface area contributed by atoms with Crippen LogP contribution in [0.2, 0.25) is 0 Å². The Morgan fingerprint density at radius 2 is 2.14 bits per heavy atom. The summed E-state index contributed by atoms with van der Waals surface area (Å²) < 4.78 is 1.06. The van der Waals surface area contributed by atoms with Crippen LogP contribution in [0.5, 0.6) is 0 Å². The summed E-state index contributed by atoms with van der Waals surface area (Å²) in [6.45, 7) is 0. The van der Waals surface area contributed by atoms with Crippen LogP contribution in [0, 0.1) is 0 Å². The third-order valence-electron chi connectivity index (χ3n) is 1.56. The molecule has 1 aromatic rings. The van der Waals surface area contributed by atoms with Gasteiger partial charge in [0.25, 0.3) is 0 Å². The van der Waals surface area contributed by atoms with E-state index in [1.54, 1.807) is 23.1 Å². The van der Waals surface area contributed by atoms with E-state index in [-0.39, 0.29) is 0 Å². The Morgan fingerprint density at radius 1 is 1.36 bits per heavy atom. The lowest BCUT2D eigenvalue weighted by atomic mass is 10.4. The Morgan fingerprint density at radius 3 is 2.71 bits per heavy atom. The van der Waals surface area contributed by atoms with Crippen LogP contribution in [0.3, 0.4) is 0 Å². The van der Waals surface area contributed by atoms with Gasteiger partial charge in [0.2, 0.25) is 5.13 Å². The molecule has 0 aromatic carbocycles. The smallest absolute Gasteiger partial charge is 0.208 e. The van der Waals surface area contributed by atoms with E-state index in [2.05, 4.69) is 22.8 Å². The molecule has 6 heteroatoms. The Bertz CT molecular complexity index is 262. The van der Waals surface area contributed by atoms with Crippen LogP contribution in [-0.2, 0) is 0 Å². The molecule has 0 bridgehead atoms. The summed E-state index contributed by atoms with van der Waals surface area (Å²) >= 11 is 7.60. The predicted octanol–water partition coefficient (Wildman–Crippen LogP) is 2.41. The van der Waals surface area contributed by atoms with Crippen molar-refractivity contribution in [2.75, 3.05) is 30.5 Å². The Labute approximate surface area is 98.7 Å². The number of thioether (sulfide) groups is 1. The highest BCUT2D eigenvalue weighted by molar-refractivity contribution is 8.01. The van der Waals surface area contributed by atoms with Gasteiger partial charge in [-0.2, -0.15) is 12.6 Å². The van der Waals surface area contributed by atoms with Crippen molar-refractivity contribution in [1.82, 2.24) is 10.2 Å². The molecule has 0 saturated carbocycles. The fraction of sp³-hybridized carbons (Fsp3) is 0.750. The fourth-order valence-electron chi connectivity index (χ4n) is 0.815. The molecule has 0 unspecified atom stereocenters. The van der Waals surface area contributed by atoms with Crippen LogP contribution in [0.4, 0.5) is 5.13 Å². The largest absolute Gasteiger partial charge is 0.353 e. The molecule has 0 amide bonds. The minimum Gasteiger partial charge on any atom is -0.353 e. The number of hydrogen-bond donors (Lipinski definition) is 1. The van der Waals surface area contributed by atoms with Crippen LogP contribution in [0.25, 0.3) is 0 Å². The van der Waals surface area contributed by atoms with Crippen molar-refractivity contribution in [3.8, 4) is 0 Å². The highest BCUT2D eigenvalue weighted by Crippen LogP contribution is 2.27. The number of hydrogen-bond acceptors (Lipinski definition) is 6. The summed E-state index contributed by atoms with van der Waals surface area (Å²) in [6, 6.07) is 0. The Hall–Kier alpha value is 0.0600. The van der Waals surface area contributed by atoms with Crippen LogP contribution in [0.1, 0.15) is 12.8 Å². The highest BCUT2D eigenvalue weighted by Gasteiger charge is 2.05. The molecular weight excluding hydrogens is 234 g/mol. The molecule has 1 rings (SSSR count). The standard InChI is InChI=1S/C8H15N3S3/c1-11(2)7-9-10-8(14-7)13-6-4-3-5-12/h12H,3-6H2,1-2H3. The highest BCUT2D eigenvalue weighted by atomic mass is 32.2. The Kier molecular flexibility index (Phi) is 5.66. The zero-order valence-corrected chi connectivity index (χ0v) is 11.0. The van der Waals surface area contributed by atoms with Gasteiger partial charge in [-0.1, -0.05) is 23.1 Å². The first kappa shape index (κ1) is 12.1. The summed E-state index contributed by atoms with van der Waals surface area (Å²) in [7, 11) is 3.96. The lowest BCUT2D eigenvalue weighted by Gasteiger charge is -2.03. The molecule has 1 heterocycles. The van der Waals surface area contributed by atoms with Gasteiger partial charge in [0.05, 0.1) is 0 Å². The summed E-state index contributed by atoms with van der Waals surface area (Å²) in [5, 5.41) is 9.15. The first-order valence-corrected chi connectivity index (χ1v) is 6.92. The minimum absolute atomic E-state index is 0.972. The molecule has 1 aromatic heterocycles. The van der Waals surface area contributed by atoms with E-state index < -0.39 is 0 Å². The van der Waals surface area contributed by atoms with Gasteiger partial charge in [-0.05, 0) is 18.6 Å². The molecule has 0 atom stereocenters. The zero-order chi connectivity index (χ0) is 10.4. The third kappa shape index (κ3) is 4.06. The van der Waals surface area contributed by atoms with E-state index in [1.165, 1.54) is 12.8 Å². The van der Waals surface area contributed by atoms with Crippen LogP contribution < -0.4 is 4.90 Å². The third-order valence-corrected chi connectivity index (χ3v) is 4.18. The first-order chi connectivity index (χ1) is 6.74. The second-order valence-electron chi connectivity index (χ2n) is 3.02. The van der Waals surface area contributed by atoms with E-state index in [4.69, 9.17) is 0 Å². The number of thiol groups is 1. The van der Waals surface area contributed by atoms with Gasteiger partial charge in [-0.3, -0.25) is 0 Å². The van der Waals surface area contributed by atoms with Gasteiger partial charge < -0.3 is 4.90 Å². The average molecular weight is 249 g/mol. The fourth-order valence-corrected chi connectivity index (χ4v) is 2.87. The molecule has 0 radical (unpaired) electrons. The minimum atomic E-state index is 0.972. The van der Waals surface area contributed by atoms with Gasteiger partial charge in [0.15, 0.2) is 4.34 Å². The second-order valence-corrected chi connectivity index (χ2v) is 5.77. The van der Waals surface area contributed by atoms with Crippen molar-refractivity contribution in [1.29, 1.82) is 0 Å². The molecule has 0 aliphatic heterocycles. The first-order valence-electron chi connectivity index (χ1n) is 4.48. The Balaban J connectivity index is 2.29. The van der Waals surface area contributed by atoms with Gasteiger partial charge in [0, 0.05) is 19.8 Å². The van der Waals surface area contributed by atoms with E-state index in [9.17, 15) is 0 Å². The molecule has 14 heavy (non-hydrogen) atoms. The second kappa shape index (κ2) is 6.53. The maximum atomic E-state index is 4.17. The molecule has 0 fully saturated rings. The quantitative estimate of drug-likeness (QED) is 0.476. The maximum absolute atomic E-state index is 4.17. The van der Waals surface area contributed by atoms with Crippen molar-refractivity contribution < 1.29 is 0 Å². The number of aromatic nitrogens is 2. The van der Waals surface area contributed by atoms with E-state index in [0.29, 0.717) is 0 Å². The van der Waals surface area contributed by atoms with Crippen LogP contribution >= 0.6 is 35.7 Å². The van der Waals surface area contributed by atoms with Gasteiger partial charge in [-0.15, -0.1) is 10.2 Å². The van der Waals surface area contributed by atoms with Gasteiger partial charge in [0.1, 0.15) is 0 Å². The molecule has 0 spiro atoms. The number of nitrogens with zero attached hydrogens (tertiary/aromatic N) is 3. The van der Waals surface area contributed by atoms with Crippen molar-refractivity contribution >= 4 is 40.9 Å². The van der Waals surface area contributed by atoms with Crippen molar-refractivity contribution in [3.63, 3.8) is 0 Å². The molecule has 0 N–H and O–H groups in total. The number of rotatable bonds is 6. The molecule has 0 aliphatic rings. The summed E-state index contributed by atoms with van der Waals surface area (Å²) in [5.41, 5.74) is 0. The van der Waals surface area contributed by atoms with Crippen molar-refractivity contribution in [3.05, 3.63) is 0 Å². The van der Waals surface area contributed by atoms with Gasteiger partial charge in [-0.25, -0.2) is 0 Å². The molecule has 80 valence electrons. The SMILES string of the molecule is CN(C)c1nnc(SCCCCS)s1. The average Bonchev–Trinajstić information content (AvgIpc) is 2.61. The van der Waals surface area contributed by atoms with E-state index in [0.717, 1.165) is 21.0 Å². The maximum Gasteiger partial charge on any atom is 0.208 e. The molecule has 0 saturated heterocycles. The lowest BCUT2D eigenvalue weighted by Crippen LogP contribution is -2.07. The lowest BCUT2D eigenvalue weighted by molar-refractivity contribution is 0.906. The summed E-state index contributed by atoms with van der Waals surface area (Å²) in [5.74, 6) is 2.09. The molecule has 0 aliphatic carbocycles. The van der Waals surface area contributed by atoms with Crippen LogP contribution in [0.15, 0.2) is 4.34 Å². The normalized spacial score (nSPS) is 10.5. The predicted molar refractivity (Wildman–Crippen MR) is 68.0 cm³/mol. The van der Waals surface area contributed by atoms with E-state index in [1.807, 2.05) is 19.0 Å². The number of anilines is 1. The zero-order valence-electron chi connectivity index (χ0n) is 8.43. The number of unbranched alkanes of at least 4 members (excludes halogenated alkanes) is 1. The van der Waals surface area contributed by atoms with E-state index >= 15 is 0 Å². The molecule has 3 nitrogen and oxygen atoms in total. The van der Waals surface area contributed by atoms with Gasteiger partial charge >= 0.3 is 0 Å². The topological polar surface area (TPSA) is 29.0 Å². The molecular formula is C8H15N3S3. The summed E-state index contributed by atoms with van der Waals surface area (Å²) in [4.78, 5) is 1.98. The van der Waals surface area contributed by atoms with Crippen molar-refractivity contribution in [2.24, 2.45) is 0 Å². The summed E-state index contributed by atoms with van der Waals surface area (Å²) in [6.07, 6.45) is 2.38. The van der Waals surface area contributed by atoms with Crippen molar-refractivity contribution in [2.45, 2.75) is 17.2 Å². The monoisotopic (exact) mass is 249 g/mol. The van der Waals surface area contributed by atoms with Crippen LogP contribution in [-0.4, -0.2) is 35.8 Å².